The number of hydrogen-bond donors (Lipinski definition) is 1. The molecule has 11 nitrogen and oxygen atoms in total. The van der Waals surface area contributed by atoms with Crippen LogP contribution in [0.4, 0.5) is 4.79 Å². The maximum atomic E-state index is 14.7. The van der Waals surface area contributed by atoms with Crippen molar-refractivity contribution in [2.45, 2.75) is 103 Å². The molecule has 2 aromatic rings. The van der Waals surface area contributed by atoms with Crippen LogP contribution in [0.5, 0.6) is 0 Å². The molecule has 2 heterocycles. The van der Waals surface area contributed by atoms with E-state index in [1.165, 1.54) is 11.9 Å². The third kappa shape index (κ3) is 8.61. The molecule has 5 amide bonds. The third-order valence-corrected chi connectivity index (χ3v) is 9.99. The number of amides is 5. The van der Waals surface area contributed by atoms with Crippen molar-refractivity contribution in [1.82, 2.24) is 24.9 Å². The van der Waals surface area contributed by atoms with Gasteiger partial charge in [-0.1, -0.05) is 79.9 Å². The molecule has 1 N–H and O–H groups in total. The standard InChI is InChI=1S/C38H51N5O6/c1-26(40(5)37(48)49-38(2,3)4)34(45)39-33(29-19-13-8-14-20-29)36(47)42-25-32(44)43-30(23-28-17-11-7-12-18-28)35(46)41(24-31(42)43)22-21-27-15-9-6-10-16-27/h6-7,9-12,15-18,26,29-31,33H,8,13-14,19-25H2,1-5H3,(H,39,45)/t26-,30-,31+,33-/m0/s1. The van der Waals surface area contributed by atoms with Crippen LogP contribution in [0.1, 0.15) is 70.9 Å². The maximum Gasteiger partial charge on any atom is 0.410 e. The lowest BCUT2D eigenvalue weighted by atomic mass is 9.83. The SMILES string of the molecule is C[C@@H](C(=O)N[C@H](C(=O)N1CC(=O)N2[C@@H]1CN(CCc1ccccc1)C(=O)[C@@H]2Cc1ccccc1)C1CCCCC1)N(C)C(=O)OC(C)(C)C. The van der Waals surface area contributed by atoms with E-state index in [-0.39, 0.29) is 36.7 Å². The molecule has 3 fully saturated rings. The molecule has 1 aliphatic carbocycles. The van der Waals surface area contributed by atoms with E-state index in [1.54, 1.807) is 42.4 Å². The van der Waals surface area contributed by atoms with Crippen molar-refractivity contribution in [1.29, 1.82) is 0 Å². The van der Waals surface area contributed by atoms with Crippen LogP contribution in [0, 0.1) is 5.92 Å². The topological polar surface area (TPSA) is 120 Å². The number of ether oxygens (including phenoxy) is 1. The minimum absolute atomic E-state index is 0.118. The maximum absolute atomic E-state index is 14.7. The van der Waals surface area contributed by atoms with Crippen molar-refractivity contribution in [2.75, 3.05) is 26.7 Å². The summed E-state index contributed by atoms with van der Waals surface area (Å²) in [7, 11) is 1.50. The van der Waals surface area contributed by atoms with Gasteiger partial charge in [0.25, 0.3) is 0 Å². The lowest BCUT2D eigenvalue weighted by Gasteiger charge is -2.45. The molecule has 0 spiro atoms. The van der Waals surface area contributed by atoms with Crippen LogP contribution in [-0.2, 0) is 36.8 Å². The largest absolute Gasteiger partial charge is 0.444 e. The van der Waals surface area contributed by atoms with Crippen LogP contribution in [0.2, 0.25) is 0 Å². The molecule has 49 heavy (non-hydrogen) atoms. The van der Waals surface area contributed by atoms with Gasteiger partial charge < -0.3 is 24.8 Å². The molecule has 2 aliphatic heterocycles. The summed E-state index contributed by atoms with van der Waals surface area (Å²) >= 11 is 0. The van der Waals surface area contributed by atoms with Crippen LogP contribution >= 0.6 is 0 Å². The van der Waals surface area contributed by atoms with Crippen molar-refractivity contribution in [3.63, 3.8) is 0 Å². The zero-order valence-electron chi connectivity index (χ0n) is 29.5. The van der Waals surface area contributed by atoms with Crippen molar-refractivity contribution < 1.29 is 28.7 Å². The Balaban J connectivity index is 1.40. The highest BCUT2D eigenvalue weighted by Gasteiger charge is 2.52. The van der Waals surface area contributed by atoms with Crippen LogP contribution in [0.15, 0.2) is 60.7 Å². The highest BCUT2D eigenvalue weighted by molar-refractivity contribution is 5.97. The Morgan fingerprint density at radius 1 is 0.939 bits per heavy atom. The Hall–Kier alpha value is -4.41. The predicted molar refractivity (Wildman–Crippen MR) is 185 cm³/mol. The molecule has 0 unspecified atom stereocenters. The summed E-state index contributed by atoms with van der Waals surface area (Å²) in [5, 5.41) is 3.00. The van der Waals surface area contributed by atoms with E-state index >= 15 is 0 Å². The number of carbonyl (C=O) groups excluding carboxylic acids is 5. The van der Waals surface area contributed by atoms with E-state index in [9.17, 15) is 24.0 Å². The van der Waals surface area contributed by atoms with Crippen molar-refractivity contribution in [2.24, 2.45) is 5.92 Å². The number of likely N-dealkylation sites (N-methyl/N-ethyl adjacent to an activating group) is 1. The second-order valence-corrected chi connectivity index (χ2v) is 14.6. The Bertz CT molecular complexity index is 1490. The molecule has 1 saturated carbocycles. The summed E-state index contributed by atoms with van der Waals surface area (Å²) in [5.41, 5.74) is 1.29. The molecule has 5 rings (SSSR count). The molecule has 264 valence electrons. The van der Waals surface area contributed by atoms with Gasteiger partial charge in [0.2, 0.25) is 23.6 Å². The number of hydrogen-bond acceptors (Lipinski definition) is 6. The van der Waals surface area contributed by atoms with Gasteiger partial charge in [-0.05, 0) is 64.0 Å². The number of fused-ring (bicyclic) bond motifs is 1. The summed E-state index contributed by atoms with van der Waals surface area (Å²) in [4.78, 5) is 75.1. The number of carbonyl (C=O) groups is 5. The predicted octanol–water partition coefficient (Wildman–Crippen LogP) is 4.00. The second kappa shape index (κ2) is 15.4. The summed E-state index contributed by atoms with van der Waals surface area (Å²) in [6.45, 7) is 7.36. The van der Waals surface area contributed by atoms with Crippen LogP contribution in [-0.4, -0.2) is 106 Å². The minimum atomic E-state index is -0.901. The Morgan fingerprint density at radius 2 is 1.55 bits per heavy atom. The molecule has 3 aliphatic rings. The van der Waals surface area contributed by atoms with Gasteiger partial charge in [-0.25, -0.2) is 4.79 Å². The average molecular weight is 674 g/mol. The van der Waals surface area contributed by atoms with Gasteiger partial charge >= 0.3 is 6.09 Å². The van der Waals surface area contributed by atoms with Crippen LogP contribution in [0.25, 0.3) is 0 Å². The zero-order chi connectivity index (χ0) is 35.3. The number of nitrogens with zero attached hydrogens (tertiary/aromatic N) is 4. The van der Waals surface area contributed by atoms with Gasteiger partial charge in [0.05, 0.1) is 6.54 Å². The van der Waals surface area contributed by atoms with Gasteiger partial charge in [0, 0.05) is 20.0 Å². The molecule has 2 aromatic carbocycles. The quantitative estimate of drug-likeness (QED) is 0.408. The molecule has 4 atom stereocenters. The molecule has 0 bridgehead atoms. The number of rotatable bonds is 10. The minimum Gasteiger partial charge on any atom is -0.444 e. The van der Waals surface area contributed by atoms with Gasteiger partial charge in [-0.15, -0.1) is 0 Å². The van der Waals surface area contributed by atoms with Crippen LogP contribution < -0.4 is 5.32 Å². The first kappa shape index (κ1) is 35.9. The smallest absolute Gasteiger partial charge is 0.410 e. The lowest BCUT2D eigenvalue weighted by Crippen LogP contribution is -2.66. The summed E-state index contributed by atoms with van der Waals surface area (Å²) in [6, 6.07) is 17.0. The number of benzene rings is 2. The van der Waals surface area contributed by atoms with Gasteiger partial charge in [-0.3, -0.25) is 24.1 Å². The van der Waals surface area contributed by atoms with Gasteiger partial charge in [0.1, 0.15) is 36.4 Å². The Morgan fingerprint density at radius 3 is 2.16 bits per heavy atom. The molecule has 2 saturated heterocycles. The summed E-state index contributed by atoms with van der Waals surface area (Å²) in [5.74, 6) is -1.32. The Kier molecular flexibility index (Phi) is 11.3. The first-order valence-electron chi connectivity index (χ1n) is 17.6. The fourth-order valence-corrected chi connectivity index (χ4v) is 7.16. The third-order valence-electron chi connectivity index (χ3n) is 9.99. The monoisotopic (exact) mass is 673 g/mol. The van der Waals surface area contributed by atoms with E-state index < -0.39 is 41.9 Å². The molecule has 0 radical (unpaired) electrons. The normalized spacial score (nSPS) is 21.2. The highest BCUT2D eigenvalue weighted by Crippen LogP contribution is 2.32. The fraction of sp³-hybridized carbons (Fsp3) is 0.553. The van der Waals surface area contributed by atoms with Crippen LogP contribution in [0.3, 0.4) is 0 Å². The van der Waals surface area contributed by atoms with Crippen molar-refractivity contribution >= 4 is 29.7 Å². The number of nitrogens with one attached hydrogen (secondary N) is 1. The van der Waals surface area contributed by atoms with Crippen molar-refractivity contribution in [3.8, 4) is 0 Å². The van der Waals surface area contributed by atoms with E-state index in [1.807, 2.05) is 60.7 Å². The summed E-state index contributed by atoms with van der Waals surface area (Å²) < 4.78 is 5.47. The molecule has 0 aromatic heterocycles. The van der Waals surface area contributed by atoms with Crippen molar-refractivity contribution in [3.05, 3.63) is 71.8 Å². The van der Waals surface area contributed by atoms with E-state index in [4.69, 9.17) is 4.74 Å². The number of piperazine rings is 1. The van der Waals surface area contributed by atoms with Gasteiger partial charge in [0.15, 0.2) is 0 Å². The lowest BCUT2D eigenvalue weighted by molar-refractivity contribution is -0.156. The average Bonchev–Trinajstić information content (AvgIpc) is 3.42. The second-order valence-electron chi connectivity index (χ2n) is 14.6. The highest BCUT2D eigenvalue weighted by atomic mass is 16.6. The zero-order valence-corrected chi connectivity index (χ0v) is 29.5. The Labute approximate surface area is 289 Å². The molecular formula is C38H51N5O6. The fourth-order valence-electron chi connectivity index (χ4n) is 7.16. The van der Waals surface area contributed by atoms with E-state index in [0.717, 1.165) is 43.2 Å². The summed E-state index contributed by atoms with van der Waals surface area (Å²) in [6.07, 6.45) is 4.15. The first-order valence-corrected chi connectivity index (χ1v) is 17.6. The van der Waals surface area contributed by atoms with E-state index in [0.29, 0.717) is 19.4 Å². The molecule has 11 heteroatoms. The first-order chi connectivity index (χ1) is 23.3. The van der Waals surface area contributed by atoms with E-state index in [2.05, 4.69) is 5.32 Å². The molecular weight excluding hydrogens is 622 g/mol. The van der Waals surface area contributed by atoms with Gasteiger partial charge in [-0.2, -0.15) is 0 Å².